The van der Waals surface area contributed by atoms with Gasteiger partial charge in [-0.15, -0.1) is 0 Å². The normalized spacial score (nSPS) is 12.1. The second-order valence-corrected chi connectivity index (χ2v) is 4.15. The van der Waals surface area contributed by atoms with Gasteiger partial charge in [0.1, 0.15) is 5.82 Å². The van der Waals surface area contributed by atoms with Crippen LogP contribution in [-0.2, 0) is 0 Å². The van der Waals surface area contributed by atoms with Crippen molar-refractivity contribution in [1.29, 1.82) is 0 Å². The summed E-state index contributed by atoms with van der Waals surface area (Å²) in [5.41, 5.74) is 2.35. The minimum Gasteiger partial charge on any atom is -0.207 e. The van der Waals surface area contributed by atoms with Crippen molar-refractivity contribution >= 4 is 12.7 Å². The molecular formula is C14H14BF. The van der Waals surface area contributed by atoms with Gasteiger partial charge in [-0.2, -0.15) is 0 Å². The minimum absolute atomic E-state index is 0.155. The Morgan fingerprint density at radius 2 is 1.75 bits per heavy atom. The van der Waals surface area contributed by atoms with Gasteiger partial charge in [-0.1, -0.05) is 60.4 Å². The lowest BCUT2D eigenvalue weighted by atomic mass is 9.58. The minimum atomic E-state index is -0.155. The third kappa shape index (κ3) is 2.72. The Hall–Kier alpha value is -1.57. The molecule has 2 heteroatoms. The molecule has 2 aromatic carbocycles. The van der Waals surface area contributed by atoms with Crippen LogP contribution in [0.3, 0.4) is 0 Å². The SMILES string of the molecule is CC(Bc1cccc(F)c1)c1ccccc1. The van der Waals surface area contributed by atoms with Crippen molar-refractivity contribution in [3.8, 4) is 0 Å². The van der Waals surface area contributed by atoms with Crippen molar-refractivity contribution in [1.82, 2.24) is 0 Å². The van der Waals surface area contributed by atoms with Gasteiger partial charge in [0.2, 0.25) is 0 Å². The molecule has 0 aliphatic rings. The Kier molecular flexibility index (Phi) is 3.40. The second kappa shape index (κ2) is 4.97. The molecule has 0 aromatic heterocycles. The monoisotopic (exact) mass is 212 g/mol. The maximum Gasteiger partial charge on any atom is 0.165 e. The van der Waals surface area contributed by atoms with E-state index in [-0.39, 0.29) is 5.82 Å². The van der Waals surface area contributed by atoms with Gasteiger partial charge in [-0.25, -0.2) is 4.39 Å². The summed E-state index contributed by atoms with van der Waals surface area (Å²) in [6, 6.07) is 17.2. The van der Waals surface area contributed by atoms with Gasteiger partial charge in [0, 0.05) is 0 Å². The summed E-state index contributed by atoms with van der Waals surface area (Å²) in [6.07, 6.45) is 0. The van der Waals surface area contributed by atoms with E-state index in [1.54, 1.807) is 12.1 Å². The summed E-state index contributed by atoms with van der Waals surface area (Å²) in [5, 5.41) is 0. The first-order chi connectivity index (χ1) is 7.75. The van der Waals surface area contributed by atoms with Crippen LogP contribution >= 0.6 is 0 Å². The van der Waals surface area contributed by atoms with Crippen molar-refractivity contribution in [3.05, 3.63) is 66.0 Å². The highest BCUT2D eigenvalue weighted by Crippen LogP contribution is 2.12. The lowest BCUT2D eigenvalue weighted by molar-refractivity contribution is 0.629. The fourth-order valence-electron chi connectivity index (χ4n) is 1.92. The van der Waals surface area contributed by atoms with Gasteiger partial charge in [0.15, 0.2) is 7.28 Å². The van der Waals surface area contributed by atoms with E-state index in [1.807, 2.05) is 24.3 Å². The summed E-state index contributed by atoms with van der Waals surface area (Å²) in [5.74, 6) is 0.265. The van der Waals surface area contributed by atoms with Crippen LogP contribution in [0.25, 0.3) is 0 Å². The lowest BCUT2D eigenvalue weighted by Crippen LogP contribution is -2.20. The van der Waals surface area contributed by atoms with Crippen LogP contribution in [0.2, 0.25) is 0 Å². The summed E-state index contributed by atoms with van der Waals surface area (Å²) in [4.78, 5) is 0. The Bertz CT molecular complexity index is 453. The molecule has 1 unspecified atom stereocenters. The molecule has 0 saturated carbocycles. The molecule has 0 nitrogen and oxygen atoms in total. The molecule has 0 N–H and O–H groups in total. The van der Waals surface area contributed by atoms with E-state index in [2.05, 4.69) is 19.1 Å². The van der Waals surface area contributed by atoms with Crippen LogP contribution in [0.5, 0.6) is 0 Å². The molecule has 80 valence electrons. The third-order valence-electron chi connectivity index (χ3n) is 2.80. The summed E-state index contributed by atoms with van der Waals surface area (Å²) in [6.45, 7) is 2.17. The molecule has 2 rings (SSSR count). The molecule has 0 heterocycles. The fraction of sp³-hybridized carbons (Fsp3) is 0.143. The topological polar surface area (TPSA) is 0 Å². The Morgan fingerprint density at radius 3 is 2.44 bits per heavy atom. The third-order valence-corrected chi connectivity index (χ3v) is 2.80. The van der Waals surface area contributed by atoms with Gasteiger partial charge >= 0.3 is 0 Å². The van der Waals surface area contributed by atoms with Crippen LogP contribution in [0.1, 0.15) is 18.3 Å². The van der Waals surface area contributed by atoms with Crippen molar-refractivity contribution in [3.63, 3.8) is 0 Å². The largest absolute Gasteiger partial charge is 0.207 e. The molecule has 0 fully saturated rings. The zero-order chi connectivity index (χ0) is 11.4. The zero-order valence-corrected chi connectivity index (χ0v) is 9.36. The van der Waals surface area contributed by atoms with Crippen molar-refractivity contribution in [2.24, 2.45) is 0 Å². The molecule has 0 saturated heterocycles. The highest BCUT2D eigenvalue weighted by atomic mass is 19.1. The predicted molar refractivity (Wildman–Crippen MR) is 68.0 cm³/mol. The van der Waals surface area contributed by atoms with E-state index >= 15 is 0 Å². The maximum absolute atomic E-state index is 13.0. The van der Waals surface area contributed by atoms with E-state index in [0.29, 0.717) is 5.82 Å². The molecule has 0 radical (unpaired) electrons. The van der Waals surface area contributed by atoms with Crippen molar-refractivity contribution < 1.29 is 4.39 Å². The molecule has 0 aliphatic carbocycles. The van der Waals surface area contributed by atoms with Gasteiger partial charge in [0.05, 0.1) is 0 Å². The lowest BCUT2D eigenvalue weighted by Gasteiger charge is -2.10. The first-order valence-electron chi connectivity index (χ1n) is 5.55. The Labute approximate surface area is 96.4 Å². The van der Waals surface area contributed by atoms with Crippen LogP contribution < -0.4 is 5.46 Å². The molecule has 0 bridgehead atoms. The number of benzene rings is 2. The highest BCUT2D eigenvalue weighted by Gasteiger charge is 2.08. The molecule has 16 heavy (non-hydrogen) atoms. The highest BCUT2D eigenvalue weighted by molar-refractivity contribution is 6.54. The average Bonchev–Trinajstić information content (AvgIpc) is 2.30. The van der Waals surface area contributed by atoms with Crippen LogP contribution in [0.15, 0.2) is 54.6 Å². The van der Waals surface area contributed by atoms with Crippen molar-refractivity contribution in [2.45, 2.75) is 12.7 Å². The molecule has 0 spiro atoms. The van der Waals surface area contributed by atoms with E-state index in [9.17, 15) is 4.39 Å². The molecular weight excluding hydrogens is 198 g/mol. The smallest absolute Gasteiger partial charge is 0.165 e. The van der Waals surface area contributed by atoms with Gasteiger partial charge in [0.25, 0.3) is 0 Å². The van der Waals surface area contributed by atoms with Crippen LogP contribution in [0.4, 0.5) is 4.39 Å². The Balaban J connectivity index is 2.11. The average molecular weight is 212 g/mol. The molecule has 0 amide bonds. The maximum atomic E-state index is 13.0. The van der Waals surface area contributed by atoms with E-state index in [1.165, 1.54) is 11.6 Å². The molecule has 2 aromatic rings. The van der Waals surface area contributed by atoms with Crippen molar-refractivity contribution in [2.75, 3.05) is 0 Å². The number of halogens is 1. The Morgan fingerprint density at radius 1 is 1.00 bits per heavy atom. The molecule has 1 atom stereocenters. The van der Waals surface area contributed by atoms with Gasteiger partial charge in [-0.3, -0.25) is 0 Å². The van der Waals surface area contributed by atoms with E-state index in [0.717, 1.165) is 12.7 Å². The molecule has 0 aliphatic heterocycles. The quantitative estimate of drug-likeness (QED) is 0.686. The number of hydrogen-bond acceptors (Lipinski definition) is 0. The standard InChI is InChI=1S/C14H14BF/c1-11(12-6-3-2-4-7-12)15-13-8-5-9-14(16)10-13/h2-11,15H,1H3. The predicted octanol–water partition coefficient (Wildman–Crippen LogP) is 2.65. The summed E-state index contributed by atoms with van der Waals surface area (Å²) in [7, 11) is 0.877. The summed E-state index contributed by atoms with van der Waals surface area (Å²) < 4.78 is 13.0. The van der Waals surface area contributed by atoms with Gasteiger partial charge < -0.3 is 0 Å². The summed E-state index contributed by atoms with van der Waals surface area (Å²) >= 11 is 0. The number of rotatable bonds is 3. The zero-order valence-electron chi connectivity index (χ0n) is 9.36. The van der Waals surface area contributed by atoms with E-state index in [4.69, 9.17) is 0 Å². The number of hydrogen-bond donors (Lipinski definition) is 0. The second-order valence-electron chi connectivity index (χ2n) is 4.15. The van der Waals surface area contributed by atoms with Crippen LogP contribution in [-0.4, -0.2) is 7.28 Å². The first-order valence-corrected chi connectivity index (χ1v) is 5.55. The fourth-order valence-corrected chi connectivity index (χ4v) is 1.92. The first kappa shape index (κ1) is 10.9. The van der Waals surface area contributed by atoms with Gasteiger partial charge in [-0.05, 0) is 17.9 Å². The van der Waals surface area contributed by atoms with Crippen LogP contribution in [0, 0.1) is 5.82 Å². The van der Waals surface area contributed by atoms with E-state index < -0.39 is 0 Å².